The van der Waals surface area contributed by atoms with Crippen LogP contribution in [-0.2, 0) is 4.79 Å². The molecule has 0 aromatic carbocycles. The van der Waals surface area contributed by atoms with E-state index < -0.39 is 0 Å². The first kappa shape index (κ1) is 8.67. The molecule has 0 saturated heterocycles. The lowest BCUT2D eigenvalue weighted by atomic mass is 10.6. The largest absolute Gasteiger partial charge is 0.303 e. The van der Waals surface area contributed by atoms with Crippen LogP contribution >= 0.6 is 23.1 Å². The topological polar surface area (TPSA) is 42.9 Å². The van der Waals surface area contributed by atoms with Crippen molar-refractivity contribution in [2.24, 2.45) is 0 Å². The normalized spacial score (nSPS) is 9.91. The van der Waals surface area contributed by atoms with Crippen LogP contribution in [0.1, 0.15) is 11.4 Å². The number of hydrogen-bond donors (Lipinski definition) is 0. The summed E-state index contributed by atoms with van der Waals surface area (Å²) < 4.78 is 0.948. The Morgan fingerprint density at radius 2 is 2.45 bits per heavy atom. The zero-order chi connectivity index (χ0) is 8.10. The SMILES string of the molecule is Cc1nnc(SCCC=O)s1. The first-order valence-corrected chi connectivity index (χ1v) is 4.99. The molecule has 0 N–H and O–H groups in total. The van der Waals surface area contributed by atoms with Crippen molar-refractivity contribution in [1.82, 2.24) is 10.2 Å². The summed E-state index contributed by atoms with van der Waals surface area (Å²) in [6, 6.07) is 0. The van der Waals surface area contributed by atoms with Crippen LogP contribution in [0.25, 0.3) is 0 Å². The van der Waals surface area contributed by atoms with Crippen LogP contribution in [0.5, 0.6) is 0 Å². The predicted molar refractivity (Wildman–Crippen MR) is 46.1 cm³/mol. The fraction of sp³-hybridized carbons (Fsp3) is 0.500. The number of carbonyl (C=O) groups is 1. The lowest BCUT2D eigenvalue weighted by Gasteiger charge is -1.87. The molecule has 0 fully saturated rings. The zero-order valence-corrected chi connectivity index (χ0v) is 7.74. The molecule has 0 saturated carbocycles. The number of hydrogen-bond acceptors (Lipinski definition) is 5. The molecule has 1 rings (SSSR count). The molecule has 60 valence electrons. The molecule has 5 heteroatoms. The molecular formula is C6H8N2OS2. The van der Waals surface area contributed by atoms with Crippen molar-refractivity contribution in [2.45, 2.75) is 17.7 Å². The molecule has 11 heavy (non-hydrogen) atoms. The van der Waals surface area contributed by atoms with Gasteiger partial charge in [-0.25, -0.2) is 0 Å². The van der Waals surface area contributed by atoms with E-state index in [2.05, 4.69) is 10.2 Å². The average Bonchev–Trinajstić information content (AvgIpc) is 2.37. The molecule has 0 aliphatic carbocycles. The van der Waals surface area contributed by atoms with Crippen LogP contribution < -0.4 is 0 Å². The van der Waals surface area contributed by atoms with Crippen molar-refractivity contribution < 1.29 is 4.79 Å². The lowest BCUT2D eigenvalue weighted by molar-refractivity contribution is -0.107. The Labute approximate surface area is 73.2 Å². The molecule has 0 spiro atoms. The summed E-state index contributed by atoms with van der Waals surface area (Å²) in [6.45, 7) is 1.92. The highest BCUT2D eigenvalue weighted by Crippen LogP contribution is 2.21. The van der Waals surface area contributed by atoms with Crippen molar-refractivity contribution in [1.29, 1.82) is 0 Å². The van der Waals surface area contributed by atoms with Gasteiger partial charge in [0.25, 0.3) is 0 Å². The van der Waals surface area contributed by atoms with E-state index in [1.165, 1.54) is 0 Å². The second kappa shape index (κ2) is 4.46. The van der Waals surface area contributed by atoms with Crippen LogP contribution in [0.3, 0.4) is 0 Å². The Morgan fingerprint density at radius 1 is 1.64 bits per heavy atom. The minimum atomic E-state index is 0.587. The lowest BCUT2D eigenvalue weighted by Crippen LogP contribution is -1.79. The number of aromatic nitrogens is 2. The van der Waals surface area contributed by atoms with Crippen LogP contribution in [-0.4, -0.2) is 22.2 Å². The van der Waals surface area contributed by atoms with Gasteiger partial charge in [-0.2, -0.15) is 0 Å². The molecule has 0 radical (unpaired) electrons. The van der Waals surface area contributed by atoms with Crippen molar-refractivity contribution in [3.8, 4) is 0 Å². The molecule has 1 aromatic rings. The van der Waals surface area contributed by atoms with Crippen LogP contribution in [0, 0.1) is 6.92 Å². The molecular weight excluding hydrogens is 180 g/mol. The van der Waals surface area contributed by atoms with E-state index >= 15 is 0 Å². The fourth-order valence-corrected chi connectivity index (χ4v) is 2.28. The Balaban J connectivity index is 2.32. The molecule has 0 bridgehead atoms. The summed E-state index contributed by atoms with van der Waals surface area (Å²) in [6.07, 6.45) is 1.50. The summed E-state index contributed by atoms with van der Waals surface area (Å²) in [5, 5.41) is 8.73. The molecule has 0 aliphatic heterocycles. The smallest absolute Gasteiger partial charge is 0.174 e. The molecule has 0 amide bonds. The zero-order valence-electron chi connectivity index (χ0n) is 6.11. The number of carbonyl (C=O) groups excluding carboxylic acids is 1. The van der Waals surface area contributed by atoms with Crippen molar-refractivity contribution in [3.63, 3.8) is 0 Å². The van der Waals surface area contributed by atoms with Crippen molar-refractivity contribution >= 4 is 29.4 Å². The number of aldehydes is 1. The van der Waals surface area contributed by atoms with E-state index in [-0.39, 0.29) is 0 Å². The van der Waals surface area contributed by atoms with Crippen molar-refractivity contribution in [3.05, 3.63) is 5.01 Å². The van der Waals surface area contributed by atoms with E-state index in [0.29, 0.717) is 6.42 Å². The number of nitrogens with zero attached hydrogens (tertiary/aromatic N) is 2. The first-order valence-electron chi connectivity index (χ1n) is 3.19. The molecule has 0 atom stereocenters. The predicted octanol–water partition coefficient (Wildman–Crippen LogP) is 1.53. The van der Waals surface area contributed by atoms with Gasteiger partial charge in [-0.1, -0.05) is 23.1 Å². The summed E-state index contributed by atoms with van der Waals surface area (Å²) in [5.74, 6) is 0.804. The van der Waals surface area contributed by atoms with Gasteiger partial charge in [-0.05, 0) is 6.92 Å². The van der Waals surface area contributed by atoms with Gasteiger partial charge in [0, 0.05) is 12.2 Å². The molecule has 0 unspecified atom stereocenters. The maximum Gasteiger partial charge on any atom is 0.174 e. The second-order valence-corrected chi connectivity index (χ2v) is 4.41. The van der Waals surface area contributed by atoms with Crippen LogP contribution in [0.2, 0.25) is 0 Å². The number of aryl methyl sites for hydroxylation is 1. The molecule has 1 aromatic heterocycles. The highest BCUT2D eigenvalue weighted by atomic mass is 32.2. The minimum absolute atomic E-state index is 0.587. The van der Waals surface area contributed by atoms with Gasteiger partial charge in [0.05, 0.1) is 0 Å². The van der Waals surface area contributed by atoms with E-state index in [0.717, 1.165) is 21.4 Å². The maximum absolute atomic E-state index is 9.95. The van der Waals surface area contributed by atoms with Crippen molar-refractivity contribution in [2.75, 3.05) is 5.75 Å². The monoisotopic (exact) mass is 188 g/mol. The Morgan fingerprint density at radius 3 is 3.00 bits per heavy atom. The molecule has 3 nitrogen and oxygen atoms in total. The third-order valence-electron chi connectivity index (χ3n) is 0.969. The van der Waals surface area contributed by atoms with Gasteiger partial charge < -0.3 is 4.79 Å². The van der Waals surface area contributed by atoms with Gasteiger partial charge in [0.2, 0.25) is 0 Å². The van der Waals surface area contributed by atoms with Gasteiger partial charge >= 0.3 is 0 Å². The van der Waals surface area contributed by atoms with Crippen LogP contribution in [0.4, 0.5) is 0 Å². The first-order chi connectivity index (χ1) is 5.33. The Bertz CT molecular complexity index is 236. The molecule has 1 heterocycles. The number of thioether (sulfide) groups is 1. The quantitative estimate of drug-likeness (QED) is 0.408. The highest BCUT2D eigenvalue weighted by molar-refractivity contribution is 8.01. The Hall–Kier alpha value is -0.420. The summed E-state index contributed by atoms with van der Waals surface area (Å²) in [4.78, 5) is 9.95. The maximum atomic E-state index is 9.95. The van der Waals surface area contributed by atoms with E-state index in [9.17, 15) is 4.79 Å². The fourth-order valence-electron chi connectivity index (χ4n) is 0.531. The van der Waals surface area contributed by atoms with E-state index in [4.69, 9.17) is 0 Å². The highest BCUT2D eigenvalue weighted by Gasteiger charge is 1.99. The van der Waals surface area contributed by atoms with Gasteiger partial charge in [0.15, 0.2) is 4.34 Å². The average molecular weight is 188 g/mol. The standard InChI is InChI=1S/C6H8N2OS2/c1-5-7-8-6(11-5)10-4-2-3-9/h3H,2,4H2,1H3. The Kier molecular flexibility index (Phi) is 3.51. The summed E-state index contributed by atoms with van der Waals surface area (Å²) in [5.41, 5.74) is 0. The second-order valence-electron chi connectivity index (χ2n) is 1.89. The third-order valence-corrected chi connectivity index (χ3v) is 2.97. The van der Waals surface area contributed by atoms with Gasteiger partial charge in [-0.3, -0.25) is 0 Å². The van der Waals surface area contributed by atoms with Gasteiger partial charge in [0.1, 0.15) is 11.3 Å². The summed E-state index contributed by atoms with van der Waals surface area (Å²) in [7, 11) is 0. The minimum Gasteiger partial charge on any atom is -0.303 e. The third kappa shape index (κ3) is 2.98. The molecule has 0 aliphatic rings. The summed E-state index contributed by atoms with van der Waals surface area (Å²) >= 11 is 3.14. The number of rotatable bonds is 4. The van der Waals surface area contributed by atoms with E-state index in [1.807, 2.05) is 6.92 Å². The van der Waals surface area contributed by atoms with E-state index in [1.54, 1.807) is 23.1 Å². The van der Waals surface area contributed by atoms with Gasteiger partial charge in [-0.15, -0.1) is 10.2 Å². The van der Waals surface area contributed by atoms with Crippen LogP contribution in [0.15, 0.2) is 4.34 Å².